The molecule has 0 fully saturated rings. The Balaban J connectivity index is 2.91. The molecular weight excluding hydrogens is 308 g/mol. The van der Waals surface area contributed by atoms with E-state index in [0.29, 0.717) is 0 Å². The van der Waals surface area contributed by atoms with E-state index in [1.807, 2.05) is 6.07 Å². The molecule has 1 N–H and O–H groups in total. The SMILES string of the molecule is C=CCNS(=O)(=O)C(OCc1ccccc1)C(=O)N(C)OC. The molecule has 7 nitrogen and oxygen atoms in total. The van der Waals surface area contributed by atoms with Crippen molar-refractivity contribution in [3.8, 4) is 0 Å². The van der Waals surface area contributed by atoms with Crippen molar-refractivity contribution in [2.45, 2.75) is 12.0 Å². The first-order valence-electron chi connectivity index (χ1n) is 6.49. The summed E-state index contributed by atoms with van der Waals surface area (Å²) in [4.78, 5) is 16.9. The van der Waals surface area contributed by atoms with Gasteiger partial charge in [-0.25, -0.2) is 18.2 Å². The molecule has 0 aromatic heterocycles. The molecule has 0 heterocycles. The Labute approximate surface area is 130 Å². The molecule has 1 atom stereocenters. The van der Waals surface area contributed by atoms with Crippen LogP contribution in [0.5, 0.6) is 0 Å². The van der Waals surface area contributed by atoms with E-state index in [1.54, 1.807) is 24.3 Å². The van der Waals surface area contributed by atoms with Crippen LogP contribution >= 0.6 is 0 Å². The quantitative estimate of drug-likeness (QED) is 0.531. The van der Waals surface area contributed by atoms with Crippen LogP contribution in [0.25, 0.3) is 0 Å². The van der Waals surface area contributed by atoms with Crippen molar-refractivity contribution in [3.63, 3.8) is 0 Å². The van der Waals surface area contributed by atoms with Crippen molar-refractivity contribution in [1.82, 2.24) is 9.79 Å². The predicted molar refractivity (Wildman–Crippen MR) is 81.9 cm³/mol. The minimum Gasteiger partial charge on any atom is -0.348 e. The van der Waals surface area contributed by atoms with Crippen molar-refractivity contribution in [2.75, 3.05) is 20.7 Å². The average Bonchev–Trinajstić information content (AvgIpc) is 2.53. The molecule has 1 aromatic rings. The molecular formula is C14H20N2O5S. The molecule has 22 heavy (non-hydrogen) atoms. The van der Waals surface area contributed by atoms with Crippen LogP contribution < -0.4 is 4.72 Å². The van der Waals surface area contributed by atoms with Gasteiger partial charge < -0.3 is 4.74 Å². The molecule has 1 aromatic carbocycles. The van der Waals surface area contributed by atoms with E-state index in [9.17, 15) is 13.2 Å². The fraction of sp³-hybridized carbons (Fsp3) is 0.357. The second-order valence-corrected chi connectivity index (χ2v) is 6.14. The number of carbonyl (C=O) groups excluding carboxylic acids is 1. The van der Waals surface area contributed by atoms with Crippen LogP contribution in [0, 0.1) is 0 Å². The normalized spacial score (nSPS) is 12.6. The summed E-state index contributed by atoms with van der Waals surface area (Å²) in [6, 6.07) is 8.95. The Morgan fingerprint density at radius 2 is 2.05 bits per heavy atom. The van der Waals surface area contributed by atoms with E-state index >= 15 is 0 Å². The largest absolute Gasteiger partial charge is 0.348 e. The maximum atomic E-state index is 12.2. The van der Waals surface area contributed by atoms with E-state index in [2.05, 4.69) is 11.3 Å². The van der Waals surface area contributed by atoms with Crippen molar-refractivity contribution >= 4 is 15.9 Å². The summed E-state index contributed by atoms with van der Waals surface area (Å²) in [5.41, 5.74) is -0.961. The lowest BCUT2D eigenvalue weighted by molar-refractivity contribution is -0.176. The first-order chi connectivity index (χ1) is 10.4. The highest BCUT2D eigenvalue weighted by Gasteiger charge is 2.35. The minimum absolute atomic E-state index is 0.00247. The minimum atomic E-state index is -4.02. The average molecular weight is 328 g/mol. The van der Waals surface area contributed by atoms with E-state index in [4.69, 9.17) is 9.57 Å². The number of sulfonamides is 1. The van der Waals surface area contributed by atoms with Crippen LogP contribution in [0.2, 0.25) is 0 Å². The maximum Gasteiger partial charge on any atom is 0.292 e. The van der Waals surface area contributed by atoms with Crippen molar-refractivity contribution in [3.05, 3.63) is 48.6 Å². The molecule has 1 amide bonds. The Hall–Kier alpha value is -1.74. The van der Waals surface area contributed by atoms with Gasteiger partial charge in [-0.1, -0.05) is 36.4 Å². The fourth-order valence-electron chi connectivity index (χ4n) is 1.53. The molecule has 0 saturated carbocycles. The van der Waals surface area contributed by atoms with Gasteiger partial charge in [0.1, 0.15) is 0 Å². The first-order valence-corrected chi connectivity index (χ1v) is 8.03. The van der Waals surface area contributed by atoms with Gasteiger partial charge in [-0.2, -0.15) is 0 Å². The number of hydroxylamine groups is 2. The molecule has 0 bridgehead atoms. The molecule has 122 valence electrons. The number of rotatable bonds is 9. The molecule has 0 aliphatic heterocycles. The van der Waals surface area contributed by atoms with Gasteiger partial charge in [-0.15, -0.1) is 6.58 Å². The Kier molecular flexibility index (Phi) is 7.19. The highest BCUT2D eigenvalue weighted by molar-refractivity contribution is 7.90. The van der Waals surface area contributed by atoms with Gasteiger partial charge in [0.15, 0.2) is 0 Å². The van der Waals surface area contributed by atoms with E-state index in [0.717, 1.165) is 10.6 Å². The van der Waals surface area contributed by atoms with Crippen LogP contribution in [0.3, 0.4) is 0 Å². The summed E-state index contributed by atoms with van der Waals surface area (Å²) < 4.78 is 31.9. The van der Waals surface area contributed by atoms with Crippen LogP contribution in [0.15, 0.2) is 43.0 Å². The van der Waals surface area contributed by atoms with Crippen LogP contribution in [-0.4, -0.2) is 45.5 Å². The van der Waals surface area contributed by atoms with E-state index < -0.39 is 21.4 Å². The van der Waals surface area contributed by atoms with Gasteiger partial charge in [0.05, 0.1) is 13.7 Å². The van der Waals surface area contributed by atoms with Crippen molar-refractivity contribution in [1.29, 1.82) is 0 Å². The fourth-order valence-corrected chi connectivity index (χ4v) is 2.69. The first kappa shape index (κ1) is 18.3. The lowest BCUT2D eigenvalue weighted by Gasteiger charge is -2.22. The highest BCUT2D eigenvalue weighted by atomic mass is 32.2. The Morgan fingerprint density at radius 1 is 1.41 bits per heavy atom. The summed E-state index contributed by atoms with van der Waals surface area (Å²) in [6.45, 7) is 3.40. The zero-order valence-corrected chi connectivity index (χ0v) is 13.4. The second-order valence-electron chi connectivity index (χ2n) is 4.33. The number of likely N-dealkylation sites (N-methyl/N-ethyl adjacent to an activating group) is 1. The van der Waals surface area contributed by atoms with Crippen molar-refractivity contribution < 1.29 is 22.8 Å². The Bertz CT molecular complexity index is 589. The monoisotopic (exact) mass is 328 g/mol. The lowest BCUT2D eigenvalue weighted by Crippen LogP contribution is -2.47. The van der Waals surface area contributed by atoms with Gasteiger partial charge in [-0.3, -0.25) is 9.63 Å². The zero-order valence-electron chi connectivity index (χ0n) is 12.6. The molecule has 0 saturated heterocycles. The standard InChI is InChI=1S/C14H20N2O5S/c1-4-10-15-22(18,19)14(13(17)16(2)20-3)21-11-12-8-6-5-7-9-12/h4-9,14-15H,1,10-11H2,2-3H3. The summed E-state index contributed by atoms with van der Waals surface area (Å²) in [5.74, 6) is -0.824. The number of carbonyl (C=O) groups is 1. The summed E-state index contributed by atoms with van der Waals surface area (Å²) in [5, 5.41) is 0.808. The van der Waals surface area contributed by atoms with Crippen LogP contribution in [-0.2, 0) is 31.0 Å². The highest BCUT2D eigenvalue weighted by Crippen LogP contribution is 2.10. The lowest BCUT2D eigenvalue weighted by atomic mass is 10.2. The number of hydrogen-bond acceptors (Lipinski definition) is 5. The molecule has 1 rings (SSSR count). The smallest absolute Gasteiger partial charge is 0.292 e. The van der Waals surface area contributed by atoms with Gasteiger partial charge in [0.25, 0.3) is 11.3 Å². The van der Waals surface area contributed by atoms with Gasteiger partial charge in [-0.05, 0) is 5.56 Å². The van der Waals surface area contributed by atoms with E-state index in [1.165, 1.54) is 20.2 Å². The predicted octanol–water partition coefficient (Wildman–Crippen LogP) is 0.654. The second kappa shape index (κ2) is 8.64. The number of nitrogens with one attached hydrogen (secondary N) is 1. The third-order valence-corrected chi connectivity index (χ3v) is 4.21. The van der Waals surface area contributed by atoms with Gasteiger partial charge >= 0.3 is 0 Å². The van der Waals surface area contributed by atoms with Crippen LogP contribution in [0.4, 0.5) is 0 Å². The topological polar surface area (TPSA) is 84.9 Å². The molecule has 1 unspecified atom stereocenters. The number of hydrogen-bond donors (Lipinski definition) is 1. The molecule has 8 heteroatoms. The summed E-state index contributed by atoms with van der Waals surface area (Å²) in [7, 11) is -1.45. The zero-order chi connectivity index (χ0) is 16.6. The van der Waals surface area contributed by atoms with Gasteiger partial charge in [0, 0.05) is 13.6 Å². The summed E-state index contributed by atoms with van der Waals surface area (Å²) in [6.07, 6.45) is 1.37. The van der Waals surface area contributed by atoms with E-state index in [-0.39, 0.29) is 13.2 Å². The molecule has 0 spiro atoms. The van der Waals surface area contributed by atoms with Crippen LogP contribution in [0.1, 0.15) is 5.56 Å². The Morgan fingerprint density at radius 3 is 2.59 bits per heavy atom. The molecule has 0 aliphatic rings. The third kappa shape index (κ3) is 5.23. The molecule has 0 aliphatic carbocycles. The van der Waals surface area contributed by atoms with Crippen molar-refractivity contribution in [2.24, 2.45) is 0 Å². The summed E-state index contributed by atoms with van der Waals surface area (Å²) >= 11 is 0. The van der Waals surface area contributed by atoms with Gasteiger partial charge in [0.2, 0.25) is 10.0 Å². The maximum absolute atomic E-state index is 12.2. The number of ether oxygens (including phenoxy) is 1. The molecule has 0 radical (unpaired) electrons. The third-order valence-electron chi connectivity index (χ3n) is 2.74. The number of benzene rings is 1. The number of nitrogens with zero attached hydrogens (tertiary/aromatic N) is 1. The number of amides is 1.